The van der Waals surface area contributed by atoms with Gasteiger partial charge in [0, 0.05) is 24.8 Å². The number of pyridine rings is 1. The van der Waals surface area contributed by atoms with Crippen LogP contribution in [0, 0.1) is 20.8 Å². The maximum atomic E-state index is 12.5. The van der Waals surface area contributed by atoms with Gasteiger partial charge in [-0.2, -0.15) is 0 Å². The first kappa shape index (κ1) is 20.6. The van der Waals surface area contributed by atoms with Crippen molar-refractivity contribution >= 4 is 23.1 Å². The fourth-order valence-corrected chi connectivity index (χ4v) is 3.30. The second-order valence-electron chi connectivity index (χ2n) is 7.39. The molecule has 29 heavy (non-hydrogen) atoms. The van der Waals surface area contributed by atoms with E-state index in [-0.39, 0.29) is 11.8 Å². The summed E-state index contributed by atoms with van der Waals surface area (Å²) in [5, 5.41) is 5.90. The fourth-order valence-electron chi connectivity index (χ4n) is 3.30. The van der Waals surface area contributed by atoms with Crippen molar-refractivity contribution in [1.29, 1.82) is 0 Å². The molecule has 0 aliphatic heterocycles. The van der Waals surface area contributed by atoms with Crippen LogP contribution in [-0.2, 0) is 4.79 Å². The highest BCUT2D eigenvalue weighted by Crippen LogP contribution is 2.15. The number of unbranched alkanes of at least 4 members (excludes halogenated alkanes) is 2. The highest BCUT2D eigenvalue weighted by atomic mass is 16.2. The molecule has 0 saturated heterocycles. The third-order valence-electron chi connectivity index (χ3n) is 5.08. The summed E-state index contributed by atoms with van der Waals surface area (Å²) >= 11 is 0. The molecular weight excluding hydrogens is 364 g/mol. The predicted molar refractivity (Wildman–Crippen MR) is 115 cm³/mol. The molecule has 0 radical (unpaired) electrons. The van der Waals surface area contributed by atoms with Gasteiger partial charge in [-0.15, -0.1) is 0 Å². The standard InChI is InChI=1S/C23H28N4O2/c1-16-11-12-19(15-17(16)2)26-21(28)10-5-4-7-13-24-23(29)22-18(3)25-20-9-6-8-14-27(20)22/h6,8-9,11-12,14-15H,4-5,7,10,13H2,1-3H3,(H,24,29)(H,26,28). The molecule has 3 aromatic rings. The van der Waals surface area contributed by atoms with E-state index < -0.39 is 0 Å². The molecule has 0 atom stereocenters. The summed E-state index contributed by atoms with van der Waals surface area (Å²) in [6.07, 6.45) is 4.83. The monoisotopic (exact) mass is 392 g/mol. The van der Waals surface area contributed by atoms with E-state index in [1.807, 2.05) is 60.8 Å². The maximum Gasteiger partial charge on any atom is 0.270 e. The van der Waals surface area contributed by atoms with Crippen molar-refractivity contribution in [3.05, 3.63) is 65.1 Å². The van der Waals surface area contributed by atoms with Gasteiger partial charge in [0.25, 0.3) is 5.91 Å². The topological polar surface area (TPSA) is 75.5 Å². The van der Waals surface area contributed by atoms with E-state index in [0.717, 1.165) is 36.3 Å². The van der Waals surface area contributed by atoms with Crippen LogP contribution in [0.15, 0.2) is 42.6 Å². The van der Waals surface area contributed by atoms with Gasteiger partial charge in [0.2, 0.25) is 5.91 Å². The zero-order chi connectivity index (χ0) is 20.8. The molecule has 152 valence electrons. The van der Waals surface area contributed by atoms with Crippen LogP contribution in [0.4, 0.5) is 5.69 Å². The van der Waals surface area contributed by atoms with Crippen molar-refractivity contribution in [3.8, 4) is 0 Å². The van der Waals surface area contributed by atoms with Crippen LogP contribution < -0.4 is 10.6 Å². The zero-order valence-electron chi connectivity index (χ0n) is 17.3. The zero-order valence-corrected chi connectivity index (χ0v) is 17.3. The van der Waals surface area contributed by atoms with E-state index in [1.165, 1.54) is 11.1 Å². The Hall–Kier alpha value is -3.15. The minimum absolute atomic E-state index is 0.0265. The number of anilines is 1. The minimum Gasteiger partial charge on any atom is -0.351 e. The third kappa shape index (κ3) is 5.22. The lowest BCUT2D eigenvalue weighted by Crippen LogP contribution is -2.26. The fraction of sp³-hybridized carbons (Fsp3) is 0.348. The first-order chi connectivity index (χ1) is 14.0. The molecule has 6 heteroatoms. The van der Waals surface area contributed by atoms with Gasteiger partial charge in [0.1, 0.15) is 11.3 Å². The summed E-state index contributed by atoms with van der Waals surface area (Å²) < 4.78 is 1.81. The molecule has 1 aromatic carbocycles. The molecule has 0 unspecified atom stereocenters. The quantitative estimate of drug-likeness (QED) is 0.565. The Morgan fingerprint density at radius 2 is 1.83 bits per heavy atom. The number of fused-ring (bicyclic) bond motifs is 1. The molecule has 3 rings (SSSR count). The van der Waals surface area contributed by atoms with Crippen molar-refractivity contribution in [3.63, 3.8) is 0 Å². The lowest BCUT2D eigenvalue weighted by molar-refractivity contribution is -0.116. The number of nitrogens with one attached hydrogen (secondary N) is 2. The molecule has 0 saturated carbocycles. The van der Waals surface area contributed by atoms with Crippen LogP contribution in [0.3, 0.4) is 0 Å². The first-order valence-electron chi connectivity index (χ1n) is 10.0. The SMILES string of the molecule is Cc1ccc(NC(=O)CCCCCNC(=O)c2c(C)nc3ccccn23)cc1C. The predicted octanol–water partition coefficient (Wildman–Crippen LogP) is 4.19. The third-order valence-corrected chi connectivity index (χ3v) is 5.08. The Bertz CT molecular complexity index is 1020. The molecule has 2 N–H and O–H groups in total. The second-order valence-corrected chi connectivity index (χ2v) is 7.39. The molecule has 2 heterocycles. The van der Waals surface area contributed by atoms with Crippen molar-refractivity contribution < 1.29 is 9.59 Å². The van der Waals surface area contributed by atoms with Gasteiger partial charge in [-0.1, -0.05) is 18.6 Å². The number of nitrogens with zero attached hydrogens (tertiary/aromatic N) is 2. The maximum absolute atomic E-state index is 12.5. The van der Waals surface area contributed by atoms with E-state index in [9.17, 15) is 9.59 Å². The summed E-state index contributed by atoms with van der Waals surface area (Å²) in [6.45, 7) is 6.51. The molecule has 2 aromatic heterocycles. The molecule has 0 fully saturated rings. The van der Waals surface area contributed by atoms with Gasteiger partial charge in [0.15, 0.2) is 0 Å². The molecule has 2 amide bonds. The molecule has 0 spiro atoms. The molecule has 0 aliphatic carbocycles. The van der Waals surface area contributed by atoms with Crippen LogP contribution in [-0.4, -0.2) is 27.7 Å². The summed E-state index contributed by atoms with van der Waals surface area (Å²) in [5.41, 5.74) is 5.28. The number of hydrogen-bond donors (Lipinski definition) is 2. The molecule has 6 nitrogen and oxygen atoms in total. The van der Waals surface area contributed by atoms with Crippen LogP contribution in [0.2, 0.25) is 0 Å². The second kappa shape index (κ2) is 9.37. The van der Waals surface area contributed by atoms with Gasteiger partial charge in [-0.3, -0.25) is 14.0 Å². The lowest BCUT2D eigenvalue weighted by atomic mass is 10.1. The van der Waals surface area contributed by atoms with Gasteiger partial charge < -0.3 is 10.6 Å². The number of rotatable bonds is 8. The number of benzene rings is 1. The Morgan fingerprint density at radius 1 is 1.00 bits per heavy atom. The summed E-state index contributed by atoms with van der Waals surface area (Å²) in [5.74, 6) is -0.0904. The van der Waals surface area contributed by atoms with Crippen LogP contribution in [0.1, 0.15) is 53.0 Å². The Balaban J connectivity index is 1.37. The van der Waals surface area contributed by atoms with E-state index in [4.69, 9.17) is 0 Å². The van der Waals surface area contributed by atoms with Crippen molar-refractivity contribution in [2.24, 2.45) is 0 Å². The number of imidazole rings is 1. The van der Waals surface area contributed by atoms with Gasteiger partial charge >= 0.3 is 0 Å². The van der Waals surface area contributed by atoms with Crippen LogP contribution in [0.25, 0.3) is 5.65 Å². The molecule has 0 bridgehead atoms. The number of aromatic nitrogens is 2. The summed E-state index contributed by atoms with van der Waals surface area (Å²) in [7, 11) is 0. The molecule has 0 aliphatic rings. The van der Waals surface area contributed by atoms with Gasteiger partial charge in [-0.25, -0.2) is 4.98 Å². The Kier molecular flexibility index (Phi) is 6.65. The van der Waals surface area contributed by atoms with Gasteiger partial charge in [-0.05, 0) is 69.0 Å². The number of carbonyl (C=O) groups excluding carboxylic acids is 2. The largest absolute Gasteiger partial charge is 0.351 e. The smallest absolute Gasteiger partial charge is 0.270 e. The summed E-state index contributed by atoms with van der Waals surface area (Å²) in [6, 6.07) is 11.6. The average molecular weight is 393 g/mol. The number of carbonyl (C=O) groups is 2. The van der Waals surface area contributed by atoms with Crippen molar-refractivity contribution in [1.82, 2.24) is 14.7 Å². The highest BCUT2D eigenvalue weighted by molar-refractivity contribution is 5.94. The number of hydrogen-bond acceptors (Lipinski definition) is 3. The Morgan fingerprint density at radius 3 is 2.62 bits per heavy atom. The number of aryl methyl sites for hydroxylation is 3. The minimum atomic E-state index is -0.117. The average Bonchev–Trinajstić information content (AvgIpc) is 3.03. The van der Waals surface area contributed by atoms with Crippen molar-refractivity contribution in [2.45, 2.75) is 46.5 Å². The van der Waals surface area contributed by atoms with Crippen LogP contribution in [0.5, 0.6) is 0 Å². The van der Waals surface area contributed by atoms with Crippen LogP contribution >= 0.6 is 0 Å². The summed E-state index contributed by atoms with van der Waals surface area (Å²) in [4.78, 5) is 29.0. The number of amides is 2. The van der Waals surface area contributed by atoms with Gasteiger partial charge in [0.05, 0.1) is 5.69 Å². The van der Waals surface area contributed by atoms with E-state index in [0.29, 0.717) is 18.7 Å². The van der Waals surface area contributed by atoms with E-state index in [1.54, 1.807) is 0 Å². The Labute approximate surface area is 171 Å². The lowest BCUT2D eigenvalue weighted by Gasteiger charge is -2.08. The highest BCUT2D eigenvalue weighted by Gasteiger charge is 2.15. The van der Waals surface area contributed by atoms with E-state index in [2.05, 4.69) is 22.5 Å². The normalized spacial score (nSPS) is 10.9. The first-order valence-corrected chi connectivity index (χ1v) is 10.0. The molecular formula is C23H28N4O2. The van der Waals surface area contributed by atoms with E-state index >= 15 is 0 Å². The van der Waals surface area contributed by atoms with Crippen molar-refractivity contribution in [2.75, 3.05) is 11.9 Å².